The molecule has 7 heteroatoms. The molecule has 166 valence electrons. The lowest BCUT2D eigenvalue weighted by Gasteiger charge is -2.36. The van der Waals surface area contributed by atoms with Gasteiger partial charge in [0.2, 0.25) is 0 Å². The van der Waals surface area contributed by atoms with Gasteiger partial charge in [-0.2, -0.15) is 0 Å². The lowest BCUT2D eigenvalue weighted by molar-refractivity contribution is -0.138. The van der Waals surface area contributed by atoms with Crippen molar-refractivity contribution in [3.05, 3.63) is 70.7 Å². The van der Waals surface area contributed by atoms with E-state index in [1.807, 2.05) is 30.0 Å². The minimum atomic E-state index is -0.560. The van der Waals surface area contributed by atoms with E-state index in [4.69, 9.17) is 16.3 Å². The summed E-state index contributed by atoms with van der Waals surface area (Å²) in [5, 5.41) is 9.49. The van der Waals surface area contributed by atoms with Crippen LogP contribution >= 0.6 is 11.6 Å². The zero-order valence-electron chi connectivity index (χ0n) is 18.6. The van der Waals surface area contributed by atoms with Gasteiger partial charge in [-0.1, -0.05) is 41.4 Å². The maximum atomic E-state index is 12.9. The number of rotatable bonds is 5. The number of benzene rings is 2. The number of carbonyl (C=O) groups excluding carboxylic acids is 1. The standard InChI is InChI=1S/C25H27ClN4O2/c1-17-4-6-20(7-5-17)23-10-11-24(28-27-23)29-12-14-30(15-13-29)25(31)19(3)32-21-8-9-22(26)18(2)16-21/h4-11,16,19H,12-15H2,1-3H3. The molecule has 3 aromatic rings. The van der Waals surface area contributed by atoms with E-state index in [0.717, 1.165) is 22.6 Å². The maximum Gasteiger partial charge on any atom is 0.263 e. The summed E-state index contributed by atoms with van der Waals surface area (Å²) in [5.41, 5.74) is 4.04. The maximum absolute atomic E-state index is 12.9. The van der Waals surface area contributed by atoms with Crippen LogP contribution in [0.25, 0.3) is 11.3 Å². The van der Waals surface area contributed by atoms with Crippen molar-refractivity contribution in [2.45, 2.75) is 26.9 Å². The van der Waals surface area contributed by atoms with Crippen molar-refractivity contribution in [1.82, 2.24) is 15.1 Å². The molecule has 1 aliphatic heterocycles. The van der Waals surface area contributed by atoms with Crippen LogP contribution in [0.5, 0.6) is 5.75 Å². The third-order valence-corrected chi connectivity index (χ3v) is 6.13. The molecule has 32 heavy (non-hydrogen) atoms. The molecule has 0 aliphatic carbocycles. The number of aromatic nitrogens is 2. The third kappa shape index (κ3) is 5.02. The van der Waals surface area contributed by atoms with Crippen molar-refractivity contribution in [2.24, 2.45) is 0 Å². The number of amides is 1. The van der Waals surface area contributed by atoms with Crippen LogP contribution in [-0.4, -0.2) is 53.3 Å². The second kappa shape index (κ2) is 9.57. The summed E-state index contributed by atoms with van der Waals surface area (Å²) in [7, 11) is 0. The smallest absolute Gasteiger partial charge is 0.263 e. The molecular weight excluding hydrogens is 424 g/mol. The summed E-state index contributed by atoms with van der Waals surface area (Å²) in [6, 6.07) is 17.7. The summed E-state index contributed by atoms with van der Waals surface area (Å²) < 4.78 is 5.85. The van der Waals surface area contributed by atoms with E-state index < -0.39 is 6.10 Å². The van der Waals surface area contributed by atoms with Crippen LogP contribution in [0.4, 0.5) is 5.82 Å². The first-order valence-electron chi connectivity index (χ1n) is 10.8. The molecule has 1 unspecified atom stereocenters. The van der Waals surface area contributed by atoms with Gasteiger partial charge >= 0.3 is 0 Å². The van der Waals surface area contributed by atoms with Crippen LogP contribution in [-0.2, 0) is 4.79 Å². The van der Waals surface area contributed by atoms with Crippen molar-refractivity contribution in [3.63, 3.8) is 0 Å². The molecule has 0 saturated carbocycles. The van der Waals surface area contributed by atoms with Crippen molar-refractivity contribution in [1.29, 1.82) is 0 Å². The highest BCUT2D eigenvalue weighted by molar-refractivity contribution is 6.31. The van der Waals surface area contributed by atoms with E-state index in [9.17, 15) is 4.79 Å². The molecule has 0 spiro atoms. The number of hydrogen-bond donors (Lipinski definition) is 0. The van der Waals surface area contributed by atoms with Gasteiger partial charge in [-0.15, -0.1) is 10.2 Å². The molecule has 2 heterocycles. The van der Waals surface area contributed by atoms with Gasteiger partial charge in [0.1, 0.15) is 5.75 Å². The summed E-state index contributed by atoms with van der Waals surface area (Å²) in [5.74, 6) is 1.46. The van der Waals surface area contributed by atoms with Crippen LogP contribution in [0.2, 0.25) is 5.02 Å². The molecule has 1 aromatic heterocycles. The van der Waals surface area contributed by atoms with E-state index in [1.165, 1.54) is 5.56 Å². The molecule has 2 aromatic carbocycles. The van der Waals surface area contributed by atoms with E-state index >= 15 is 0 Å². The monoisotopic (exact) mass is 450 g/mol. The highest BCUT2D eigenvalue weighted by Crippen LogP contribution is 2.23. The first-order chi connectivity index (χ1) is 15.4. The Morgan fingerprint density at radius 2 is 1.69 bits per heavy atom. The van der Waals surface area contributed by atoms with Gasteiger partial charge in [0.15, 0.2) is 11.9 Å². The third-order valence-electron chi connectivity index (χ3n) is 5.70. The first kappa shape index (κ1) is 22.1. The molecule has 1 fully saturated rings. The predicted molar refractivity (Wildman–Crippen MR) is 127 cm³/mol. The number of aryl methyl sites for hydroxylation is 2. The van der Waals surface area contributed by atoms with Crippen molar-refractivity contribution >= 4 is 23.3 Å². The number of carbonyl (C=O) groups is 1. The normalized spacial score (nSPS) is 14.9. The van der Waals surface area contributed by atoms with Gasteiger partial charge < -0.3 is 14.5 Å². The fourth-order valence-electron chi connectivity index (χ4n) is 3.73. The average Bonchev–Trinajstić information content (AvgIpc) is 2.82. The van der Waals surface area contributed by atoms with E-state index in [1.54, 1.807) is 19.1 Å². The topological polar surface area (TPSA) is 58.6 Å². The number of halogens is 1. The quantitative estimate of drug-likeness (QED) is 0.571. The van der Waals surface area contributed by atoms with Gasteiger partial charge in [-0.05, 0) is 56.7 Å². The molecular formula is C25H27ClN4O2. The average molecular weight is 451 g/mol. The Hall–Kier alpha value is -3.12. The highest BCUT2D eigenvalue weighted by Gasteiger charge is 2.26. The van der Waals surface area contributed by atoms with E-state index in [0.29, 0.717) is 37.0 Å². The predicted octanol–water partition coefficient (Wildman–Crippen LogP) is 4.53. The number of anilines is 1. The second-order valence-electron chi connectivity index (χ2n) is 8.13. The zero-order valence-corrected chi connectivity index (χ0v) is 19.3. The van der Waals surface area contributed by atoms with Crippen molar-refractivity contribution in [3.8, 4) is 17.0 Å². The lowest BCUT2D eigenvalue weighted by Crippen LogP contribution is -2.52. The molecule has 1 amide bonds. The first-order valence-corrected chi connectivity index (χ1v) is 11.2. The fraction of sp³-hybridized carbons (Fsp3) is 0.320. The highest BCUT2D eigenvalue weighted by atomic mass is 35.5. The van der Waals surface area contributed by atoms with Gasteiger partial charge in [-0.25, -0.2) is 0 Å². The van der Waals surface area contributed by atoms with E-state index in [2.05, 4.69) is 46.3 Å². The fourth-order valence-corrected chi connectivity index (χ4v) is 3.85. The van der Waals surface area contributed by atoms with Crippen LogP contribution < -0.4 is 9.64 Å². The van der Waals surface area contributed by atoms with Gasteiger partial charge in [-0.3, -0.25) is 4.79 Å². The molecule has 0 N–H and O–H groups in total. The second-order valence-corrected chi connectivity index (χ2v) is 8.53. The van der Waals surface area contributed by atoms with E-state index in [-0.39, 0.29) is 5.91 Å². The van der Waals surface area contributed by atoms with Gasteiger partial charge in [0.25, 0.3) is 5.91 Å². The Labute approximate surface area is 193 Å². The molecule has 1 atom stereocenters. The largest absolute Gasteiger partial charge is 0.481 e. The van der Waals surface area contributed by atoms with Crippen LogP contribution in [0, 0.1) is 13.8 Å². The molecule has 0 bridgehead atoms. The Balaban J connectivity index is 1.32. The Bertz CT molecular complexity index is 1080. The number of hydrogen-bond acceptors (Lipinski definition) is 5. The Morgan fingerprint density at radius 3 is 2.31 bits per heavy atom. The number of nitrogens with zero attached hydrogens (tertiary/aromatic N) is 4. The summed E-state index contributed by atoms with van der Waals surface area (Å²) >= 11 is 6.07. The summed E-state index contributed by atoms with van der Waals surface area (Å²) in [4.78, 5) is 16.9. The summed E-state index contributed by atoms with van der Waals surface area (Å²) in [6.45, 7) is 8.41. The Kier molecular flexibility index (Phi) is 6.61. The van der Waals surface area contributed by atoms with Crippen molar-refractivity contribution < 1.29 is 9.53 Å². The molecule has 0 radical (unpaired) electrons. The minimum absolute atomic E-state index is 0.0157. The lowest BCUT2D eigenvalue weighted by atomic mass is 10.1. The number of ether oxygens (including phenoxy) is 1. The number of piperazine rings is 1. The molecule has 1 aliphatic rings. The zero-order chi connectivity index (χ0) is 22.7. The Morgan fingerprint density at radius 1 is 0.969 bits per heavy atom. The molecule has 6 nitrogen and oxygen atoms in total. The van der Waals surface area contributed by atoms with Gasteiger partial charge in [0.05, 0.1) is 5.69 Å². The van der Waals surface area contributed by atoms with Crippen LogP contribution in [0.1, 0.15) is 18.1 Å². The minimum Gasteiger partial charge on any atom is -0.481 e. The summed E-state index contributed by atoms with van der Waals surface area (Å²) in [6.07, 6.45) is -0.560. The van der Waals surface area contributed by atoms with Gasteiger partial charge in [0, 0.05) is 36.8 Å². The van der Waals surface area contributed by atoms with Crippen LogP contribution in [0.15, 0.2) is 54.6 Å². The molecule has 4 rings (SSSR count). The van der Waals surface area contributed by atoms with Crippen molar-refractivity contribution in [2.75, 3.05) is 31.1 Å². The molecule has 1 saturated heterocycles. The van der Waals surface area contributed by atoms with Crippen LogP contribution in [0.3, 0.4) is 0 Å². The SMILES string of the molecule is Cc1ccc(-c2ccc(N3CCN(C(=O)C(C)Oc4ccc(Cl)c(C)c4)CC3)nn2)cc1.